The molecule has 0 aliphatic carbocycles. The van der Waals surface area contributed by atoms with Gasteiger partial charge >= 0.3 is 5.97 Å². The summed E-state index contributed by atoms with van der Waals surface area (Å²) in [7, 11) is 0. The van der Waals surface area contributed by atoms with Gasteiger partial charge in [0.05, 0.1) is 21.8 Å². The lowest BCUT2D eigenvalue weighted by Gasteiger charge is -2.10. The third-order valence-corrected chi connectivity index (χ3v) is 3.28. The number of hydrogen-bond donors (Lipinski definition) is 2. The summed E-state index contributed by atoms with van der Waals surface area (Å²) in [6, 6.07) is 7.75. The predicted molar refractivity (Wildman–Crippen MR) is 77.8 cm³/mol. The number of rotatable bonds is 3. The second-order valence-electron chi connectivity index (χ2n) is 4.05. The standard InChI is InChI=1S/C14H8Cl2FNO3/c15-7-4-5-11(9(6-7)14(20)21)18-13(19)8-2-1-3-10(17)12(8)16/h1-6H,(H,18,19)(H,20,21). The molecule has 2 rings (SSSR count). The Morgan fingerprint density at radius 1 is 1.10 bits per heavy atom. The van der Waals surface area contributed by atoms with Gasteiger partial charge in [0.1, 0.15) is 5.82 Å². The van der Waals surface area contributed by atoms with Crippen LogP contribution >= 0.6 is 23.2 Å². The van der Waals surface area contributed by atoms with E-state index in [1.165, 1.54) is 30.3 Å². The van der Waals surface area contributed by atoms with Crippen LogP contribution in [0.15, 0.2) is 36.4 Å². The van der Waals surface area contributed by atoms with Gasteiger partial charge in [0, 0.05) is 5.02 Å². The Morgan fingerprint density at radius 3 is 2.48 bits per heavy atom. The summed E-state index contributed by atoms with van der Waals surface area (Å²) in [4.78, 5) is 23.2. The zero-order chi connectivity index (χ0) is 15.6. The molecule has 2 N–H and O–H groups in total. The van der Waals surface area contributed by atoms with Gasteiger partial charge in [-0.3, -0.25) is 4.79 Å². The van der Waals surface area contributed by atoms with E-state index in [4.69, 9.17) is 28.3 Å². The second-order valence-corrected chi connectivity index (χ2v) is 4.86. The maximum Gasteiger partial charge on any atom is 0.337 e. The highest BCUT2D eigenvalue weighted by atomic mass is 35.5. The van der Waals surface area contributed by atoms with Crippen LogP contribution in [-0.2, 0) is 0 Å². The molecule has 0 bridgehead atoms. The smallest absolute Gasteiger partial charge is 0.337 e. The topological polar surface area (TPSA) is 66.4 Å². The van der Waals surface area contributed by atoms with Crippen molar-refractivity contribution in [3.8, 4) is 0 Å². The first kappa shape index (κ1) is 15.3. The number of anilines is 1. The quantitative estimate of drug-likeness (QED) is 0.892. The van der Waals surface area contributed by atoms with Crippen LogP contribution in [0.2, 0.25) is 10.0 Å². The van der Waals surface area contributed by atoms with Crippen molar-refractivity contribution in [1.82, 2.24) is 0 Å². The summed E-state index contributed by atoms with van der Waals surface area (Å²) >= 11 is 11.4. The number of carboxylic acids is 1. The zero-order valence-electron chi connectivity index (χ0n) is 10.4. The molecule has 0 heterocycles. The van der Waals surface area contributed by atoms with Gasteiger partial charge in [0.15, 0.2) is 0 Å². The minimum absolute atomic E-state index is 0.0391. The summed E-state index contributed by atoms with van der Waals surface area (Å²) in [5, 5.41) is 11.3. The van der Waals surface area contributed by atoms with Crippen LogP contribution in [-0.4, -0.2) is 17.0 Å². The molecular weight excluding hydrogens is 320 g/mol. The van der Waals surface area contributed by atoms with Gasteiger partial charge in [0.25, 0.3) is 5.91 Å². The van der Waals surface area contributed by atoms with Crippen molar-refractivity contribution in [1.29, 1.82) is 0 Å². The SMILES string of the molecule is O=C(O)c1cc(Cl)ccc1NC(=O)c1cccc(F)c1Cl. The van der Waals surface area contributed by atoms with E-state index in [2.05, 4.69) is 5.32 Å². The number of aromatic carboxylic acids is 1. The molecule has 0 aromatic heterocycles. The Hall–Kier alpha value is -2.11. The van der Waals surface area contributed by atoms with Crippen molar-refractivity contribution in [3.05, 3.63) is 63.4 Å². The highest BCUT2D eigenvalue weighted by molar-refractivity contribution is 6.34. The monoisotopic (exact) mass is 327 g/mol. The lowest BCUT2D eigenvalue weighted by atomic mass is 10.1. The van der Waals surface area contributed by atoms with E-state index in [-0.39, 0.29) is 26.9 Å². The number of carbonyl (C=O) groups excluding carboxylic acids is 1. The number of benzene rings is 2. The third kappa shape index (κ3) is 3.32. The average molecular weight is 328 g/mol. The summed E-state index contributed by atoms with van der Waals surface area (Å²) in [6.07, 6.45) is 0. The molecule has 0 aliphatic rings. The van der Waals surface area contributed by atoms with Crippen molar-refractivity contribution < 1.29 is 19.1 Å². The number of amides is 1. The molecule has 21 heavy (non-hydrogen) atoms. The van der Waals surface area contributed by atoms with E-state index in [1.54, 1.807) is 0 Å². The van der Waals surface area contributed by atoms with Gasteiger partial charge in [-0.05, 0) is 30.3 Å². The highest BCUT2D eigenvalue weighted by Crippen LogP contribution is 2.24. The van der Waals surface area contributed by atoms with Gasteiger partial charge in [-0.15, -0.1) is 0 Å². The van der Waals surface area contributed by atoms with Crippen LogP contribution in [0.5, 0.6) is 0 Å². The Bertz CT molecular complexity index is 734. The number of carbonyl (C=O) groups is 2. The molecule has 1 amide bonds. The van der Waals surface area contributed by atoms with E-state index in [0.717, 1.165) is 6.07 Å². The number of halogens is 3. The Kier molecular flexibility index (Phi) is 4.45. The molecule has 7 heteroatoms. The van der Waals surface area contributed by atoms with E-state index < -0.39 is 17.7 Å². The van der Waals surface area contributed by atoms with Crippen molar-refractivity contribution >= 4 is 40.8 Å². The molecule has 0 unspecified atom stereocenters. The molecule has 0 aliphatic heterocycles. The normalized spacial score (nSPS) is 10.2. The minimum Gasteiger partial charge on any atom is -0.478 e. The van der Waals surface area contributed by atoms with Crippen molar-refractivity contribution in [2.45, 2.75) is 0 Å². The molecule has 0 fully saturated rings. The van der Waals surface area contributed by atoms with E-state index >= 15 is 0 Å². The number of hydrogen-bond acceptors (Lipinski definition) is 2. The van der Waals surface area contributed by atoms with Crippen molar-refractivity contribution in [3.63, 3.8) is 0 Å². The van der Waals surface area contributed by atoms with Gasteiger partial charge in [-0.1, -0.05) is 29.3 Å². The molecule has 0 saturated heterocycles. The van der Waals surface area contributed by atoms with Crippen LogP contribution in [0.4, 0.5) is 10.1 Å². The van der Waals surface area contributed by atoms with E-state index in [1.807, 2.05) is 0 Å². The lowest BCUT2D eigenvalue weighted by Crippen LogP contribution is -2.15. The Labute approximate surface area is 129 Å². The fourth-order valence-corrected chi connectivity index (χ4v) is 2.06. The van der Waals surface area contributed by atoms with Gasteiger partial charge < -0.3 is 10.4 Å². The van der Waals surface area contributed by atoms with Crippen LogP contribution in [0.25, 0.3) is 0 Å². The third-order valence-electron chi connectivity index (χ3n) is 2.66. The molecule has 2 aromatic rings. The molecule has 0 radical (unpaired) electrons. The highest BCUT2D eigenvalue weighted by Gasteiger charge is 2.17. The van der Waals surface area contributed by atoms with E-state index in [0.29, 0.717) is 0 Å². The van der Waals surface area contributed by atoms with Crippen molar-refractivity contribution in [2.75, 3.05) is 5.32 Å². The summed E-state index contributed by atoms with van der Waals surface area (Å²) in [5.74, 6) is -2.71. The van der Waals surface area contributed by atoms with Gasteiger partial charge in [0.2, 0.25) is 0 Å². The maximum atomic E-state index is 13.3. The lowest BCUT2D eigenvalue weighted by molar-refractivity contribution is 0.0698. The molecule has 0 saturated carbocycles. The zero-order valence-corrected chi connectivity index (χ0v) is 11.9. The minimum atomic E-state index is -1.25. The largest absolute Gasteiger partial charge is 0.478 e. The fraction of sp³-hybridized carbons (Fsp3) is 0. The van der Waals surface area contributed by atoms with Crippen molar-refractivity contribution in [2.24, 2.45) is 0 Å². The van der Waals surface area contributed by atoms with Gasteiger partial charge in [-0.2, -0.15) is 0 Å². The van der Waals surface area contributed by atoms with Crippen LogP contribution in [0.1, 0.15) is 20.7 Å². The molecule has 108 valence electrons. The van der Waals surface area contributed by atoms with Gasteiger partial charge in [-0.25, -0.2) is 9.18 Å². The molecule has 2 aromatic carbocycles. The van der Waals surface area contributed by atoms with E-state index in [9.17, 15) is 14.0 Å². The summed E-state index contributed by atoms with van der Waals surface area (Å²) < 4.78 is 13.3. The molecule has 0 atom stereocenters. The molecule has 0 spiro atoms. The second kappa shape index (κ2) is 6.11. The molecule has 4 nitrogen and oxygen atoms in total. The molecular formula is C14H8Cl2FNO3. The fourth-order valence-electron chi connectivity index (χ4n) is 1.67. The first-order chi connectivity index (χ1) is 9.90. The van der Waals surface area contributed by atoms with Crippen LogP contribution in [0.3, 0.4) is 0 Å². The van der Waals surface area contributed by atoms with Crippen LogP contribution in [0, 0.1) is 5.82 Å². The number of carboxylic acid groups (broad SMARTS) is 1. The maximum absolute atomic E-state index is 13.3. The predicted octanol–water partition coefficient (Wildman–Crippen LogP) is 4.08. The Balaban J connectivity index is 2.36. The Morgan fingerprint density at radius 2 is 1.81 bits per heavy atom. The average Bonchev–Trinajstić information content (AvgIpc) is 2.43. The summed E-state index contributed by atoms with van der Waals surface area (Å²) in [6.45, 7) is 0. The first-order valence-electron chi connectivity index (χ1n) is 5.68. The number of nitrogens with one attached hydrogen (secondary N) is 1. The summed E-state index contributed by atoms with van der Waals surface area (Å²) in [5.41, 5.74) is -0.233. The first-order valence-corrected chi connectivity index (χ1v) is 6.44. The van der Waals surface area contributed by atoms with Crippen LogP contribution < -0.4 is 5.32 Å².